The van der Waals surface area contributed by atoms with Gasteiger partial charge in [-0.2, -0.15) is 4.73 Å². The summed E-state index contributed by atoms with van der Waals surface area (Å²) in [6, 6.07) is 7.81. The van der Waals surface area contributed by atoms with Gasteiger partial charge in [-0.15, -0.1) is 0 Å². The van der Waals surface area contributed by atoms with Crippen molar-refractivity contribution >= 4 is 22.1 Å². The Labute approximate surface area is 137 Å². The van der Waals surface area contributed by atoms with Crippen molar-refractivity contribution in [2.45, 2.75) is 0 Å². The SMILES string of the molecule is O=c1ccc2c(cc(F)c[n+]2[O-])[nH]1.O=c1ccc2ncc(F)cc2[nH]1. The fourth-order valence-electron chi connectivity index (χ4n) is 2.15. The molecule has 4 heterocycles. The number of halogens is 2. The first-order valence-corrected chi connectivity index (χ1v) is 6.99. The van der Waals surface area contributed by atoms with E-state index in [0.717, 1.165) is 18.5 Å². The second-order valence-corrected chi connectivity index (χ2v) is 5.01. The number of nitrogens with zero attached hydrogens (tertiary/aromatic N) is 2. The molecule has 0 amide bonds. The van der Waals surface area contributed by atoms with E-state index in [9.17, 15) is 23.6 Å². The third-order valence-corrected chi connectivity index (χ3v) is 3.22. The van der Waals surface area contributed by atoms with E-state index in [0.29, 0.717) is 15.8 Å². The van der Waals surface area contributed by atoms with Gasteiger partial charge in [0.2, 0.25) is 22.8 Å². The molecule has 0 fully saturated rings. The van der Waals surface area contributed by atoms with Crippen molar-refractivity contribution in [1.82, 2.24) is 15.0 Å². The number of fused-ring (bicyclic) bond motifs is 2. The Kier molecular flexibility index (Phi) is 4.21. The fourth-order valence-corrected chi connectivity index (χ4v) is 2.15. The van der Waals surface area contributed by atoms with Crippen LogP contribution in [-0.4, -0.2) is 15.0 Å². The summed E-state index contributed by atoms with van der Waals surface area (Å²) in [5, 5.41) is 11.1. The van der Waals surface area contributed by atoms with Crippen LogP contribution in [0.4, 0.5) is 8.78 Å². The summed E-state index contributed by atoms with van der Waals surface area (Å²) in [6.07, 6.45) is 1.92. The molecule has 4 aromatic rings. The van der Waals surface area contributed by atoms with Gasteiger partial charge in [-0.1, -0.05) is 0 Å². The molecule has 0 unspecified atom stereocenters. The molecule has 0 saturated heterocycles. The molecule has 0 bridgehead atoms. The smallest absolute Gasteiger partial charge is 0.248 e. The molecule has 7 nitrogen and oxygen atoms in total. The Morgan fingerprint density at radius 3 is 2.32 bits per heavy atom. The van der Waals surface area contributed by atoms with Gasteiger partial charge in [0.1, 0.15) is 11.3 Å². The van der Waals surface area contributed by atoms with E-state index in [1.807, 2.05) is 0 Å². The van der Waals surface area contributed by atoms with Crippen molar-refractivity contribution in [2.75, 3.05) is 0 Å². The molecule has 0 aliphatic heterocycles. The standard InChI is InChI=1S/C8H5FN2O2.C8H5FN2O/c9-5-3-6-7(11(13)4-5)1-2-8(12)10-6;9-5-3-7-6(10-4-5)1-2-8(12)11-7/h1-4H,(H,10,12);1-4H,(H,11,12). The molecule has 9 heteroatoms. The van der Waals surface area contributed by atoms with Crippen molar-refractivity contribution in [3.63, 3.8) is 0 Å². The second kappa shape index (κ2) is 6.48. The van der Waals surface area contributed by atoms with Crippen LogP contribution in [0.1, 0.15) is 0 Å². The van der Waals surface area contributed by atoms with E-state index in [1.165, 1.54) is 24.3 Å². The molecule has 0 atom stereocenters. The third-order valence-electron chi connectivity index (χ3n) is 3.22. The number of rotatable bonds is 0. The second-order valence-electron chi connectivity index (χ2n) is 5.01. The van der Waals surface area contributed by atoms with Gasteiger partial charge in [-0.05, 0) is 6.07 Å². The van der Waals surface area contributed by atoms with E-state index in [1.54, 1.807) is 6.07 Å². The minimum atomic E-state index is -0.677. The Hall–Kier alpha value is -3.62. The van der Waals surface area contributed by atoms with Gasteiger partial charge in [0.05, 0.1) is 17.2 Å². The average molecular weight is 344 g/mol. The lowest BCUT2D eigenvalue weighted by Gasteiger charge is -1.99. The first-order valence-electron chi connectivity index (χ1n) is 6.99. The molecule has 0 aliphatic rings. The minimum absolute atomic E-state index is 0.197. The zero-order chi connectivity index (χ0) is 18.0. The van der Waals surface area contributed by atoms with Gasteiger partial charge in [0, 0.05) is 30.3 Å². The van der Waals surface area contributed by atoms with Gasteiger partial charge in [-0.3, -0.25) is 14.6 Å². The first-order chi connectivity index (χ1) is 11.9. The molecular formula is C16H10F2N4O3. The molecule has 4 rings (SSSR count). The first kappa shape index (κ1) is 16.2. The highest BCUT2D eigenvalue weighted by Gasteiger charge is 2.06. The molecule has 4 aromatic heterocycles. The highest BCUT2D eigenvalue weighted by Crippen LogP contribution is 2.06. The van der Waals surface area contributed by atoms with Crippen molar-refractivity contribution in [1.29, 1.82) is 0 Å². The lowest BCUT2D eigenvalue weighted by molar-refractivity contribution is -0.578. The number of H-pyrrole nitrogens is 2. The normalized spacial score (nSPS) is 10.5. The van der Waals surface area contributed by atoms with Gasteiger partial charge in [-0.25, -0.2) is 8.78 Å². The molecule has 25 heavy (non-hydrogen) atoms. The van der Waals surface area contributed by atoms with Gasteiger partial charge in [0.15, 0.2) is 5.82 Å². The molecule has 0 spiro atoms. The van der Waals surface area contributed by atoms with Crippen LogP contribution in [0.2, 0.25) is 0 Å². The third kappa shape index (κ3) is 3.66. The van der Waals surface area contributed by atoms with E-state index < -0.39 is 11.6 Å². The molecule has 2 N–H and O–H groups in total. The van der Waals surface area contributed by atoms with Crippen LogP contribution < -0.4 is 15.8 Å². The molecule has 126 valence electrons. The van der Waals surface area contributed by atoms with Crippen LogP contribution >= 0.6 is 0 Å². The van der Waals surface area contributed by atoms with E-state index >= 15 is 0 Å². The highest BCUT2D eigenvalue weighted by atomic mass is 19.1. The van der Waals surface area contributed by atoms with E-state index in [4.69, 9.17) is 0 Å². The topological polar surface area (TPSA) is 106 Å². The van der Waals surface area contributed by atoms with Crippen LogP contribution in [0.15, 0.2) is 58.4 Å². The van der Waals surface area contributed by atoms with Crippen LogP contribution in [0, 0.1) is 16.8 Å². The summed E-state index contributed by atoms with van der Waals surface area (Å²) in [7, 11) is 0. The number of hydrogen-bond donors (Lipinski definition) is 2. The maximum absolute atomic E-state index is 12.7. The van der Waals surface area contributed by atoms with Crippen molar-refractivity contribution in [3.8, 4) is 0 Å². The Morgan fingerprint density at radius 1 is 0.920 bits per heavy atom. The average Bonchev–Trinajstić information content (AvgIpc) is 2.54. The fraction of sp³-hybridized carbons (Fsp3) is 0. The van der Waals surface area contributed by atoms with Gasteiger partial charge in [0.25, 0.3) is 0 Å². The Morgan fingerprint density at radius 2 is 1.56 bits per heavy atom. The summed E-state index contributed by atoms with van der Waals surface area (Å²) in [5.41, 5.74) is 0.815. The molecular weight excluding hydrogens is 334 g/mol. The number of hydrogen-bond acceptors (Lipinski definition) is 4. The van der Waals surface area contributed by atoms with Crippen molar-refractivity contribution in [3.05, 3.63) is 86.3 Å². The predicted octanol–water partition coefficient (Wildman–Crippen LogP) is 1.36. The summed E-state index contributed by atoms with van der Waals surface area (Å²) in [6.45, 7) is 0. The number of aromatic nitrogens is 4. The number of pyridine rings is 4. The zero-order valence-corrected chi connectivity index (χ0v) is 12.5. The summed E-state index contributed by atoms with van der Waals surface area (Å²) >= 11 is 0. The highest BCUT2D eigenvalue weighted by molar-refractivity contribution is 5.73. The number of aromatic amines is 2. The lowest BCUT2D eigenvalue weighted by atomic mass is 10.3. The predicted molar refractivity (Wildman–Crippen MR) is 85.8 cm³/mol. The lowest BCUT2D eigenvalue weighted by Crippen LogP contribution is -2.28. The van der Waals surface area contributed by atoms with E-state index in [-0.39, 0.29) is 22.2 Å². The quantitative estimate of drug-likeness (QED) is 0.371. The van der Waals surface area contributed by atoms with Crippen molar-refractivity contribution < 1.29 is 13.5 Å². The van der Waals surface area contributed by atoms with Crippen LogP contribution in [0.5, 0.6) is 0 Å². The summed E-state index contributed by atoms with van der Waals surface area (Å²) < 4.78 is 25.6. The van der Waals surface area contributed by atoms with Crippen LogP contribution in [-0.2, 0) is 0 Å². The summed E-state index contributed by atoms with van der Waals surface area (Å²) in [5.74, 6) is -1.13. The molecule has 0 radical (unpaired) electrons. The van der Waals surface area contributed by atoms with E-state index in [2.05, 4.69) is 15.0 Å². The van der Waals surface area contributed by atoms with Crippen LogP contribution in [0.3, 0.4) is 0 Å². The zero-order valence-electron chi connectivity index (χ0n) is 12.5. The summed E-state index contributed by atoms with van der Waals surface area (Å²) in [4.78, 5) is 30.2. The molecule has 0 aromatic carbocycles. The van der Waals surface area contributed by atoms with Crippen molar-refractivity contribution in [2.24, 2.45) is 0 Å². The Bertz CT molecular complexity index is 1190. The minimum Gasteiger partial charge on any atom is -0.618 e. The number of nitrogens with one attached hydrogen (secondary N) is 2. The molecule has 0 saturated carbocycles. The largest absolute Gasteiger partial charge is 0.618 e. The molecule has 0 aliphatic carbocycles. The maximum atomic E-state index is 12.7. The van der Waals surface area contributed by atoms with Gasteiger partial charge < -0.3 is 15.2 Å². The van der Waals surface area contributed by atoms with Crippen LogP contribution in [0.25, 0.3) is 22.1 Å². The Balaban J connectivity index is 0.000000146. The van der Waals surface area contributed by atoms with Gasteiger partial charge >= 0.3 is 0 Å². The maximum Gasteiger partial charge on any atom is 0.248 e. The monoisotopic (exact) mass is 344 g/mol.